The fourth-order valence-electron chi connectivity index (χ4n) is 1.04. The van der Waals surface area contributed by atoms with Gasteiger partial charge in [0.2, 0.25) is 0 Å². The molecule has 13 heavy (non-hydrogen) atoms. The Balaban J connectivity index is 2.58. The van der Waals surface area contributed by atoms with Gasteiger partial charge in [0, 0.05) is 11.9 Å². The summed E-state index contributed by atoms with van der Waals surface area (Å²) in [5.74, 6) is -0.0543. The topological polar surface area (TPSA) is 69.2 Å². The van der Waals surface area contributed by atoms with Crippen molar-refractivity contribution in [2.75, 3.05) is 14.1 Å². The summed E-state index contributed by atoms with van der Waals surface area (Å²) in [5, 5.41) is 8.50. The first-order valence-electron chi connectivity index (χ1n) is 3.97. The zero-order valence-electron chi connectivity index (χ0n) is 7.74. The highest BCUT2D eigenvalue weighted by Gasteiger charge is 2.04. The van der Waals surface area contributed by atoms with Gasteiger partial charge in [-0.25, -0.2) is 4.98 Å². The lowest BCUT2D eigenvalue weighted by atomic mass is 10.3. The van der Waals surface area contributed by atoms with Gasteiger partial charge in [-0.05, 0) is 14.1 Å². The second-order valence-electron chi connectivity index (χ2n) is 3.16. The predicted molar refractivity (Wildman–Crippen MR) is 47.3 cm³/mol. The number of aromatic amines is 1. The molecular formula is C8H13N3O2. The molecule has 0 bridgehead atoms. The highest BCUT2D eigenvalue weighted by atomic mass is 16.4. The standard InChI is InChI=1S/C8H13N3O2/c1-11(2)5-7-9-4-6(10-7)3-8(12)13/h4H,3,5H2,1-2H3,(H,9,10)(H,12,13). The molecule has 72 valence electrons. The fourth-order valence-corrected chi connectivity index (χ4v) is 1.04. The summed E-state index contributed by atoms with van der Waals surface area (Å²) < 4.78 is 0. The van der Waals surface area contributed by atoms with Crippen molar-refractivity contribution < 1.29 is 9.90 Å². The van der Waals surface area contributed by atoms with Gasteiger partial charge in [0.25, 0.3) is 0 Å². The van der Waals surface area contributed by atoms with E-state index in [1.165, 1.54) is 0 Å². The van der Waals surface area contributed by atoms with Gasteiger partial charge in [0.1, 0.15) is 5.82 Å². The summed E-state index contributed by atoms with van der Waals surface area (Å²) in [6, 6.07) is 0. The van der Waals surface area contributed by atoms with Gasteiger partial charge in [-0.1, -0.05) is 0 Å². The Hall–Kier alpha value is -1.36. The van der Waals surface area contributed by atoms with Crippen molar-refractivity contribution >= 4 is 5.97 Å². The molecule has 0 saturated heterocycles. The number of carboxylic acid groups (broad SMARTS) is 1. The molecule has 1 rings (SSSR count). The minimum atomic E-state index is -0.847. The van der Waals surface area contributed by atoms with E-state index in [0.717, 1.165) is 5.82 Å². The SMILES string of the molecule is CN(C)Cc1ncc(CC(=O)O)[nH]1. The van der Waals surface area contributed by atoms with Gasteiger partial charge in [-0.15, -0.1) is 0 Å². The van der Waals surface area contributed by atoms with Gasteiger partial charge in [0.15, 0.2) is 0 Å². The summed E-state index contributed by atoms with van der Waals surface area (Å²) in [6.07, 6.45) is 1.56. The summed E-state index contributed by atoms with van der Waals surface area (Å²) in [7, 11) is 3.86. The summed E-state index contributed by atoms with van der Waals surface area (Å²) in [5.41, 5.74) is 0.643. The Bertz CT molecular complexity index is 293. The molecule has 5 nitrogen and oxygen atoms in total. The van der Waals surface area contributed by atoms with E-state index in [-0.39, 0.29) is 6.42 Å². The van der Waals surface area contributed by atoms with Crippen LogP contribution in [0.4, 0.5) is 0 Å². The zero-order valence-corrected chi connectivity index (χ0v) is 7.74. The lowest BCUT2D eigenvalue weighted by Crippen LogP contribution is -2.11. The van der Waals surface area contributed by atoms with E-state index in [1.54, 1.807) is 6.20 Å². The summed E-state index contributed by atoms with van der Waals surface area (Å²) >= 11 is 0. The maximum atomic E-state index is 10.3. The molecule has 0 aromatic carbocycles. The number of H-pyrrole nitrogens is 1. The average Bonchev–Trinajstić information content (AvgIpc) is 2.33. The number of hydrogen-bond donors (Lipinski definition) is 2. The highest BCUT2D eigenvalue weighted by Crippen LogP contribution is 1.99. The Morgan fingerprint density at radius 2 is 2.38 bits per heavy atom. The number of aliphatic carboxylic acids is 1. The van der Waals surface area contributed by atoms with Gasteiger partial charge in [0.05, 0.1) is 13.0 Å². The van der Waals surface area contributed by atoms with Crippen LogP contribution in [0.1, 0.15) is 11.5 Å². The van der Waals surface area contributed by atoms with Crippen molar-refractivity contribution in [1.82, 2.24) is 14.9 Å². The maximum absolute atomic E-state index is 10.3. The summed E-state index contributed by atoms with van der Waals surface area (Å²) in [6.45, 7) is 0.694. The minimum Gasteiger partial charge on any atom is -0.481 e. The van der Waals surface area contributed by atoms with Crippen LogP contribution in [0.15, 0.2) is 6.20 Å². The molecule has 0 radical (unpaired) electrons. The van der Waals surface area contributed by atoms with E-state index in [2.05, 4.69) is 9.97 Å². The molecule has 5 heteroatoms. The number of hydrogen-bond acceptors (Lipinski definition) is 3. The van der Waals surface area contributed by atoms with E-state index >= 15 is 0 Å². The Morgan fingerprint density at radius 1 is 1.69 bits per heavy atom. The molecular weight excluding hydrogens is 170 g/mol. The van der Waals surface area contributed by atoms with E-state index in [9.17, 15) is 4.79 Å². The van der Waals surface area contributed by atoms with Crippen molar-refractivity contribution in [1.29, 1.82) is 0 Å². The molecule has 0 saturated carbocycles. The zero-order chi connectivity index (χ0) is 9.84. The quantitative estimate of drug-likeness (QED) is 0.694. The fraction of sp³-hybridized carbons (Fsp3) is 0.500. The number of nitrogens with zero attached hydrogens (tertiary/aromatic N) is 2. The second-order valence-corrected chi connectivity index (χ2v) is 3.16. The largest absolute Gasteiger partial charge is 0.481 e. The number of imidazole rings is 1. The molecule has 1 aromatic rings. The number of nitrogens with one attached hydrogen (secondary N) is 1. The molecule has 1 aromatic heterocycles. The van der Waals surface area contributed by atoms with Gasteiger partial charge in [-0.3, -0.25) is 4.79 Å². The smallest absolute Gasteiger partial charge is 0.309 e. The number of aromatic nitrogens is 2. The Labute approximate surface area is 76.4 Å². The molecule has 0 aliphatic rings. The minimum absolute atomic E-state index is 0.000425. The average molecular weight is 183 g/mol. The lowest BCUT2D eigenvalue weighted by Gasteiger charge is -2.05. The first-order valence-corrected chi connectivity index (χ1v) is 3.97. The van der Waals surface area contributed by atoms with E-state index in [0.29, 0.717) is 12.2 Å². The van der Waals surface area contributed by atoms with Gasteiger partial charge in [-0.2, -0.15) is 0 Å². The van der Waals surface area contributed by atoms with Crippen LogP contribution in [0.2, 0.25) is 0 Å². The van der Waals surface area contributed by atoms with Crippen LogP contribution in [-0.4, -0.2) is 40.0 Å². The molecule has 0 aliphatic carbocycles. The third kappa shape index (κ3) is 3.25. The molecule has 0 spiro atoms. The van der Waals surface area contributed by atoms with Crippen LogP contribution in [0, 0.1) is 0 Å². The third-order valence-electron chi connectivity index (χ3n) is 1.49. The molecule has 1 heterocycles. The Morgan fingerprint density at radius 3 is 2.92 bits per heavy atom. The molecule has 0 fully saturated rings. The van der Waals surface area contributed by atoms with Crippen LogP contribution in [0.3, 0.4) is 0 Å². The van der Waals surface area contributed by atoms with Crippen LogP contribution in [0.25, 0.3) is 0 Å². The van der Waals surface area contributed by atoms with E-state index in [4.69, 9.17) is 5.11 Å². The van der Waals surface area contributed by atoms with Crippen molar-refractivity contribution in [2.24, 2.45) is 0 Å². The van der Waals surface area contributed by atoms with Crippen molar-refractivity contribution in [3.63, 3.8) is 0 Å². The Kier molecular flexibility index (Phi) is 3.02. The van der Waals surface area contributed by atoms with Crippen LogP contribution >= 0.6 is 0 Å². The summed E-state index contributed by atoms with van der Waals surface area (Å²) in [4.78, 5) is 19.3. The highest BCUT2D eigenvalue weighted by molar-refractivity contribution is 5.69. The van der Waals surface area contributed by atoms with Crippen molar-refractivity contribution in [2.45, 2.75) is 13.0 Å². The molecule has 0 atom stereocenters. The van der Waals surface area contributed by atoms with Crippen molar-refractivity contribution in [3.05, 3.63) is 17.7 Å². The van der Waals surface area contributed by atoms with Gasteiger partial charge < -0.3 is 15.0 Å². The first kappa shape index (κ1) is 9.73. The second kappa shape index (κ2) is 4.04. The first-order chi connectivity index (χ1) is 6.08. The molecule has 0 aliphatic heterocycles. The monoisotopic (exact) mass is 183 g/mol. The van der Waals surface area contributed by atoms with Gasteiger partial charge >= 0.3 is 5.97 Å². The normalized spacial score (nSPS) is 10.7. The van der Waals surface area contributed by atoms with Crippen LogP contribution < -0.4 is 0 Å². The maximum Gasteiger partial charge on any atom is 0.309 e. The third-order valence-corrected chi connectivity index (χ3v) is 1.49. The molecule has 0 amide bonds. The van der Waals surface area contributed by atoms with Crippen molar-refractivity contribution in [3.8, 4) is 0 Å². The van der Waals surface area contributed by atoms with E-state index in [1.807, 2.05) is 19.0 Å². The number of carboxylic acids is 1. The van der Waals surface area contributed by atoms with E-state index < -0.39 is 5.97 Å². The number of rotatable bonds is 4. The lowest BCUT2D eigenvalue weighted by molar-refractivity contribution is -0.136. The van der Waals surface area contributed by atoms with Crippen LogP contribution in [-0.2, 0) is 17.8 Å². The molecule has 2 N–H and O–H groups in total. The predicted octanol–water partition coefficient (Wildman–Crippen LogP) is 0.0984. The molecule has 0 unspecified atom stereocenters. The van der Waals surface area contributed by atoms with Crippen LogP contribution in [0.5, 0.6) is 0 Å². The number of carbonyl (C=O) groups is 1.